The van der Waals surface area contributed by atoms with Gasteiger partial charge in [0.05, 0.1) is 13.2 Å². The summed E-state index contributed by atoms with van der Waals surface area (Å²) in [6, 6.07) is 2.02. The topological polar surface area (TPSA) is 49.3 Å². The van der Waals surface area contributed by atoms with E-state index in [1.807, 2.05) is 11.4 Å². The van der Waals surface area contributed by atoms with Crippen LogP contribution in [-0.4, -0.2) is 17.6 Å². The van der Waals surface area contributed by atoms with Crippen LogP contribution in [-0.2, 0) is 11.3 Å². The number of rotatable bonds is 4. The molecule has 2 saturated carbocycles. The van der Waals surface area contributed by atoms with Crippen molar-refractivity contribution >= 4 is 17.2 Å². The highest BCUT2D eigenvalue weighted by molar-refractivity contribution is 7.10. The zero-order chi connectivity index (χ0) is 14.7. The predicted octanol–water partition coefficient (Wildman–Crippen LogP) is 2.53. The number of amides is 1. The fraction of sp³-hybridized carbons (Fsp3) is 0.588. The van der Waals surface area contributed by atoms with Gasteiger partial charge in [0.15, 0.2) is 0 Å². The number of carbonyl (C=O) groups is 1. The molecular weight excluding hydrogens is 282 g/mol. The Bertz CT molecular complexity index is 557. The Morgan fingerprint density at radius 2 is 2.14 bits per heavy atom. The van der Waals surface area contributed by atoms with Gasteiger partial charge in [-0.15, -0.1) is 11.3 Å². The molecule has 1 heterocycles. The van der Waals surface area contributed by atoms with Crippen molar-refractivity contribution < 1.29 is 9.90 Å². The second-order valence-electron chi connectivity index (χ2n) is 5.93. The number of carbonyl (C=O) groups excluding carboxylic acids is 1. The number of aliphatic hydroxyl groups is 1. The van der Waals surface area contributed by atoms with Crippen LogP contribution in [0.5, 0.6) is 0 Å². The van der Waals surface area contributed by atoms with Gasteiger partial charge in [0.1, 0.15) is 0 Å². The fourth-order valence-electron chi connectivity index (χ4n) is 3.43. The first kappa shape index (κ1) is 14.6. The highest BCUT2D eigenvalue weighted by Gasteiger charge is 2.54. The largest absolute Gasteiger partial charge is 0.395 e. The maximum Gasteiger partial charge on any atom is 0.223 e. The van der Waals surface area contributed by atoms with E-state index in [-0.39, 0.29) is 18.4 Å². The lowest BCUT2D eigenvalue weighted by atomic mass is 10.0. The maximum absolute atomic E-state index is 12.2. The van der Waals surface area contributed by atoms with E-state index in [0.717, 1.165) is 10.4 Å². The van der Waals surface area contributed by atoms with Crippen LogP contribution < -0.4 is 5.32 Å². The SMILES string of the molecule is O=C(NCc1cc(C#CCCO)cs1)C1C2CCCCC21. The summed E-state index contributed by atoms with van der Waals surface area (Å²) in [6.45, 7) is 0.713. The highest BCUT2D eigenvalue weighted by atomic mass is 32.1. The number of nitrogens with one attached hydrogen (secondary N) is 1. The molecule has 21 heavy (non-hydrogen) atoms. The lowest BCUT2D eigenvalue weighted by Gasteiger charge is -2.04. The van der Waals surface area contributed by atoms with E-state index in [4.69, 9.17) is 5.11 Å². The molecule has 2 atom stereocenters. The van der Waals surface area contributed by atoms with Gasteiger partial charge in [0.25, 0.3) is 0 Å². The van der Waals surface area contributed by atoms with Crippen LogP contribution in [0.3, 0.4) is 0 Å². The molecule has 3 nitrogen and oxygen atoms in total. The lowest BCUT2D eigenvalue weighted by Crippen LogP contribution is -2.25. The zero-order valence-corrected chi connectivity index (χ0v) is 12.9. The average Bonchev–Trinajstić information content (AvgIpc) is 3.07. The summed E-state index contributed by atoms with van der Waals surface area (Å²) in [5, 5.41) is 13.8. The summed E-state index contributed by atoms with van der Waals surface area (Å²) < 4.78 is 0. The van der Waals surface area contributed by atoms with Crippen molar-refractivity contribution in [2.45, 2.75) is 38.6 Å². The predicted molar refractivity (Wildman–Crippen MR) is 83.7 cm³/mol. The van der Waals surface area contributed by atoms with Crippen LogP contribution in [0, 0.1) is 29.6 Å². The highest BCUT2D eigenvalue weighted by Crippen LogP contribution is 2.55. The molecule has 0 bridgehead atoms. The van der Waals surface area contributed by atoms with Crippen molar-refractivity contribution in [1.82, 2.24) is 5.32 Å². The second-order valence-corrected chi connectivity index (χ2v) is 6.93. The van der Waals surface area contributed by atoms with Crippen LogP contribution in [0.15, 0.2) is 11.4 Å². The van der Waals surface area contributed by atoms with E-state index in [1.54, 1.807) is 11.3 Å². The van der Waals surface area contributed by atoms with E-state index in [0.29, 0.717) is 24.8 Å². The molecule has 0 saturated heterocycles. The van der Waals surface area contributed by atoms with Crippen molar-refractivity contribution in [1.29, 1.82) is 0 Å². The normalized spacial score (nSPS) is 26.4. The van der Waals surface area contributed by atoms with Crippen molar-refractivity contribution in [3.8, 4) is 11.8 Å². The zero-order valence-electron chi connectivity index (χ0n) is 12.1. The quantitative estimate of drug-likeness (QED) is 0.840. The molecule has 0 spiro atoms. The third-order valence-electron chi connectivity index (χ3n) is 4.52. The Hall–Kier alpha value is -1.31. The molecule has 2 aliphatic rings. The number of hydrogen-bond donors (Lipinski definition) is 2. The van der Waals surface area contributed by atoms with Crippen molar-refractivity contribution in [3.05, 3.63) is 21.9 Å². The van der Waals surface area contributed by atoms with E-state index in [1.165, 1.54) is 25.7 Å². The smallest absolute Gasteiger partial charge is 0.223 e. The molecule has 4 heteroatoms. The van der Waals surface area contributed by atoms with Crippen LogP contribution in [0.4, 0.5) is 0 Å². The summed E-state index contributed by atoms with van der Waals surface area (Å²) in [5.74, 6) is 7.80. The molecule has 1 amide bonds. The molecule has 112 valence electrons. The molecule has 0 aromatic carbocycles. The average molecular weight is 303 g/mol. The summed E-state index contributed by atoms with van der Waals surface area (Å²) in [5.41, 5.74) is 0.970. The van der Waals surface area contributed by atoms with E-state index in [9.17, 15) is 4.79 Å². The lowest BCUT2D eigenvalue weighted by molar-refractivity contribution is -0.123. The summed E-state index contributed by atoms with van der Waals surface area (Å²) in [4.78, 5) is 13.3. The van der Waals surface area contributed by atoms with E-state index in [2.05, 4.69) is 17.2 Å². The Labute approximate surface area is 129 Å². The second kappa shape index (κ2) is 6.64. The number of fused-ring (bicyclic) bond motifs is 1. The van der Waals surface area contributed by atoms with E-state index < -0.39 is 0 Å². The Morgan fingerprint density at radius 3 is 2.86 bits per heavy atom. The number of hydrogen-bond acceptors (Lipinski definition) is 3. The van der Waals surface area contributed by atoms with Crippen molar-refractivity contribution in [2.75, 3.05) is 6.61 Å². The first-order valence-corrected chi connectivity index (χ1v) is 8.62. The first-order valence-electron chi connectivity index (χ1n) is 7.74. The minimum atomic E-state index is 0.101. The Balaban J connectivity index is 1.47. The molecule has 0 aliphatic heterocycles. The standard InChI is InChI=1S/C17H21NO2S/c19-8-4-3-5-12-9-13(21-11-12)10-18-17(20)16-14-6-1-2-7-15(14)16/h9,11,14-16,19H,1-2,4,6-8,10H2,(H,18,20). The van der Waals surface area contributed by atoms with E-state index >= 15 is 0 Å². The third-order valence-corrected chi connectivity index (χ3v) is 5.46. The molecule has 2 unspecified atom stereocenters. The monoisotopic (exact) mass is 303 g/mol. The van der Waals surface area contributed by atoms with Crippen molar-refractivity contribution in [2.24, 2.45) is 17.8 Å². The molecule has 2 fully saturated rings. The molecular formula is C17H21NO2S. The van der Waals surface area contributed by atoms with Gasteiger partial charge in [0.2, 0.25) is 5.91 Å². The van der Waals surface area contributed by atoms with Gasteiger partial charge in [-0.2, -0.15) is 0 Å². The molecule has 1 aromatic heterocycles. The molecule has 0 radical (unpaired) electrons. The van der Waals surface area contributed by atoms with Crippen LogP contribution in [0.1, 0.15) is 42.5 Å². The van der Waals surface area contributed by atoms with Crippen LogP contribution in [0.25, 0.3) is 0 Å². The Kier molecular flexibility index (Phi) is 4.62. The summed E-state index contributed by atoms with van der Waals surface area (Å²) in [7, 11) is 0. The van der Waals surface area contributed by atoms with Gasteiger partial charge < -0.3 is 10.4 Å². The molecule has 1 aromatic rings. The number of thiophene rings is 1. The van der Waals surface area contributed by atoms with Gasteiger partial charge >= 0.3 is 0 Å². The molecule has 3 rings (SSSR count). The summed E-state index contributed by atoms with van der Waals surface area (Å²) in [6.07, 6.45) is 5.59. The van der Waals surface area contributed by atoms with Gasteiger partial charge in [-0.1, -0.05) is 24.7 Å². The number of aliphatic hydroxyl groups excluding tert-OH is 1. The minimum Gasteiger partial charge on any atom is -0.395 e. The van der Waals surface area contributed by atoms with Gasteiger partial charge in [-0.25, -0.2) is 0 Å². The van der Waals surface area contributed by atoms with Gasteiger partial charge in [0, 0.05) is 28.2 Å². The van der Waals surface area contributed by atoms with Crippen LogP contribution in [0.2, 0.25) is 0 Å². The third kappa shape index (κ3) is 3.48. The van der Waals surface area contributed by atoms with Crippen LogP contribution >= 0.6 is 11.3 Å². The maximum atomic E-state index is 12.2. The minimum absolute atomic E-state index is 0.101. The van der Waals surface area contributed by atoms with Gasteiger partial charge in [-0.3, -0.25) is 4.79 Å². The van der Waals surface area contributed by atoms with Gasteiger partial charge in [-0.05, 0) is 30.7 Å². The summed E-state index contributed by atoms with van der Waals surface area (Å²) >= 11 is 1.63. The Morgan fingerprint density at radius 1 is 1.38 bits per heavy atom. The molecule has 2 aliphatic carbocycles. The van der Waals surface area contributed by atoms with Crippen molar-refractivity contribution in [3.63, 3.8) is 0 Å². The fourth-order valence-corrected chi connectivity index (χ4v) is 4.19. The first-order chi connectivity index (χ1) is 10.3. The molecule has 2 N–H and O–H groups in total.